The molecule has 0 aromatic heterocycles. The number of aliphatic hydroxyl groups excluding tert-OH is 1. The summed E-state index contributed by atoms with van der Waals surface area (Å²) >= 11 is 0. The molecule has 65 heavy (non-hydrogen) atoms. The van der Waals surface area contributed by atoms with Crippen molar-refractivity contribution >= 4 is 26.7 Å². The number of ether oxygens (including phenoxy) is 2. The average Bonchev–Trinajstić information content (AvgIpc) is 3.33. The first-order valence-electron chi connectivity index (χ1n) is 22.2. The Kier molecular flexibility index (Phi) is 14.3. The second kappa shape index (κ2) is 20.5. The van der Waals surface area contributed by atoms with Crippen LogP contribution in [0.15, 0.2) is 175 Å². The van der Waals surface area contributed by atoms with E-state index in [9.17, 15) is 18.3 Å². The number of sulfonamides is 1. The summed E-state index contributed by atoms with van der Waals surface area (Å²) in [6, 6.07) is 54.2. The lowest BCUT2D eigenvalue weighted by Crippen LogP contribution is -2.47. The molecule has 1 aliphatic heterocycles. The number of nitrogens with zero attached hydrogens (tertiary/aromatic N) is 1. The van der Waals surface area contributed by atoms with Crippen LogP contribution >= 0.6 is 0 Å². The number of aliphatic hydroxyl groups is 1. The molecule has 1 saturated heterocycles. The standard InChI is InChI=1S/C55H57N3O6S/c1-37-20-28-50(29-21-37)65(61,62)57-51(31-40-12-6-5-7-13-40)54(60)56-34-42-14-10-17-46(30-42)48-18-11-19-49(33-48)55-63-52(38(2)53(64-55)44-24-22-41(36-59)23-25-44)35-58(4)39(3)45-27-26-43-15-8-9-16-47(43)32-45/h5-30,32-33,38-39,51-53,55,57,59H,31,34-36H2,1-4H3,(H,56,60)/t38-,39+,51+,52+,53+,55+/m0/s1. The normalized spacial score (nSPS) is 18.6. The minimum absolute atomic E-state index is 0.0118. The maximum absolute atomic E-state index is 13.8. The number of benzene rings is 7. The van der Waals surface area contributed by atoms with Crippen molar-refractivity contribution in [2.24, 2.45) is 5.92 Å². The third kappa shape index (κ3) is 11.1. The average molecular weight is 888 g/mol. The largest absolute Gasteiger partial charge is 0.392 e. The van der Waals surface area contributed by atoms with Crippen LogP contribution in [0.1, 0.15) is 71.2 Å². The van der Waals surface area contributed by atoms with Crippen molar-refractivity contribution in [3.05, 3.63) is 209 Å². The predicted molar refractivity (Wildman–Crippen MR) is 257 cm³/mol. The Morgan fingerprint density at radius 2 is 1.38 bits per heavy atom. The highest BCUT2D eigenvalue weighted by Gasteiger charge is 2.39. The molecule has 3 N–H and O–H groups in total. The van der Waals surface area contributed by atoms with E-state index in [1.807, 2.05) is 104 Å². The molecular formula is C55H57N3O6S. The minimum Gasteiger partial charge on any atom is -0.392 e. The number of hydrogen-bond acceptors (Lipinski definition) is 7. The summed E-state index contributed by atoms with van der Waals surface area (Å²) in [6.45, 7) is 7.15. The van der Waals surface area contributed by atoms with Crippen molar-refractivity contribution in [1.29, 1.82) is 0 Å². The number of fused-ring (bicyclic) bond motifs is 1. The zero-order valence-corrected chi connectivity index (χ0v) is 38.1. The Bertz CT molecular complexity index is 2820. The highest BCUT2D eigenvalue weighted by atomic mass is 32.2. The molecule has 334 valence electrons. The summed E-state index contributed by atoms with van der Waals surface area (Å²) in [5.74, 6) is -0.414. The summed E-state index contributed by atoms with van der Waals surface area (Å²) in [6.07, 6.45) is -0.912. The van der Waals surface area contributed by atoms with Gasteiger partial charge in [0.05, 0.1) is 23.7 Å². The van der Waals surface area contributed by atoms with Gasteiger partial charge in [-0.05, 0) is 107 Å². The topological polar surface area (TPSA) is 117 Å². The Labute approximate surface area is 383 Å². The zero-order valence-electron chi connectivity index (χ0n) is 37.3. The number of carbonyl (C=O) groups excluding carboxylic acids is 1. The molecule has 8 rings (SSSR count). The van der Waals surface area contributed by atoms with Crippen molar-refractivity contribution in [2.75, 3.05) is 13.6 Å². The summed E-state index contributed by atoms with van der Waals surface area (Å²) in [5.41, 5.74) is 8.52. The van der Waals surface area contributed by atoms with Crippen molar-refractivity contribution < 1.29 is 27.8 Å². The van der Waals surface area contributed by atoms with E-state index in [0.29, 0.717) is 6.54 Å². The summed E-state index contributed by atoms with van der Waals surface area (Å²) < 4.78 is 43.4. The van der Waals surface area contributed by atoms with Crippen LogP contribution in [-0.2, 0) is 43.9 Å². The lowest BCUT2D eigenvalue weighted by molar-refractivity contribution is -0.276. The van der Waals surface area contributed by atoms with E-state index < -0.39 is 28.3 Å². The van der Waals surface area contributed by atoms with Gasteiger partial charge in [0.2, 0.25) is 15.9 Å². The fourth-order valence-electron chi connectivity index (χ4n) is 8.54. The third-order valence-electron chi connectivity index (χ3n) is 12.6. The number of amides is 1. The van der Waals surface area contributed by atoms with Crippen LogP contribution in [0.4, 0.5) is 0 Å². The molecule has 0 spiro atoms. The fraction of sp³-hybridized carbons (Fsp3) is 0.255. The van der Waals surface area contributed by atoms with E-state index in [1.165, 1.54) is 16.3 Å². The molecule has 6 atom stereocenters. The first kappa shape index (κ1) is 45.6. The molecule has 1 heterocycles. The highest BCUT2D eigenvalue weighted by molar-refractivity contribution is 7.89. The molecular weight excluding hydrogens is 831 g/mol. The van der Waals surface area contributed by atoms with Crippen LogP contribution in [0.25, 0.3) is 21.9 Å². The second-order valence-electron chi connectivity index (χ2n) is 17.3. The van der Waals surface area contributed by atoms with Crippen molar-refractivity contribution in [3.8, 4) is 11.1 Å². The molecule has 0 aliphatic carbocycles. The number of hydrogen-bond donors (Lipinski definition) is 3. The Balaban J connectivity index is 0.999. The molecule has 1 fully saturated rings. The van der Waals surface area contributed by atoms with E-state index >= 15 is 0 Å². The molecule has 0 unspecified atom stereocenters. The van der Waals surface area contributed by atoms with Gasteiger partial charge in [-0.3, -0.25) is 9.69 Å². The summed E-state index contributed by atoms with van der Waals surface area (Å²) in [5, 5.41) is 15.2. The fourth-order valence-corrected chi connectivity index (χ4v) is 9.74. The number of likely N-dealkylation sites (N-methyl/N-ethyl adjacent to an activating group) is 1. The van der Waals surface area contributed by atoms with Gasteiger partial charge in [0.1, 0.15) is 6.04 Å². The predicted octanol–water partition coefficient (Wildman–Crippen LogP) is 10.00. The Morgan fingerprint density at radius 1 is 0.708 bits per heavy atom. The molecule has 0 bridgehead atoms. The smallest absolute Gasteiger partial charge is 0.241 e. The van der Waals surface area contributed by atoms with E-state index in [4.69, 9.17) is 9.47 Å². The van der Waals surface area contributed by atoms with Gasteiger partial charge in [0, 0.05) is 30.6 Å². The molecule has 0 saturated carbocycles. The molecule has 7 aromatic carbocycles. The number of nitrogens with one attached hydrogen (secondary N) is 2. The van der Waals surface area contributed by atoms with Crippen LogP contribution in [0.5, 0.6) is 0 Å². The third-order valence-corrected chi connectivity index (χ3v) is 14.1. The molecule has 1 aliphatic rings. The lowest BCUT2D eigenvalue weighted by atomic mass is 9.89. The SMILES string of the molecule is Cc1ccc(S(=O)(=O)N[C@H](Cc2ccccc2)C(=O)NCc2cccc(-c3cccc([C@@H]4O[C@H](CN(C)[C@H](C)c5ccc6ccccc6c5)[C@H](C)[C@H](c5ccc(CO)cc5)O4)c3)c2)cc1. The van der Waals surface area contributed by atoms with Gasteiger partial charge in [-0.2, -0.15) is 4.72 Å². The first-order chi connectivity index (χ1) is 31.4. The van der Waals surface area contributed by atoms with Gasteiger partial charge in [-0.25, -0.2) is 8.42 Å². The van der Waals surface area contributed by atoms with Gasteiger partial charge >= 0.3 is 0 Å². The van der Waals surface area contributed by atoms with Crippen LogP contribution in [-0.4, -0.2) is 50.1 Å². The Hall–Kier alpha value is -5.98. The Morgan fingerprint density at radius 3 is 2.12 bits per heavy atom. The zero-order chi connectivity index (χ0) is 45.5. The maximum Gasteiger partial charge on any atom is 0.241 e. The van der Waals surface area contributed by atoms with Gasteiger partial charge in [-0.15, -0.1) is 0 Å². The van der Waals surface area contributed by atoms with Crippen LogP contribution in [0.2, 0.25) is 0 Å². The van der Waals surface area contributed by atoms with Gasteiger partial charge < -0.3 is 19.9 Å². The van der Waals surface area contributed by atoms with Gasteiger partial charge in [-0.1, -0.05) is 152 Å². The van der Waals surface area contributed by atoms with E-state index in [2.05, 4.69) is 84.4 Å². The lowest BCUT2D eigenvalue weighted by Gasteiger charge is -2.43. The molecule has 9 nitrogen and oxygen atoms in total. The second-order valence-corrected chi connectivity index (χ2v) is 19.0. The van der Waals surface area contributed by atoms with Gasteiger partial charge in [0.15, 0.2) is 6.29 Å². The maximum atomic E-state index is 13.8. The van der Waals surface area contributed by atoms with Crippen LogP contribution in [0.3, 0.4) is 0 Å². The molecule has 7 aromatic rings. The van der Waals surface area contributed by atoms with Crippen LogP contribution in [0, 0.1) is 12.8 Å². The van der Waals surface area contributed by atoms with Crippen molar-refractivity contribution in [1.82, 2.24) is 14.9 Å². The quantitative estimate of drug-likeness (QED) is 0.0885. The summed E-state index contributed by atoms with van der Waals surface area (Å²) in [4.78, 5) is 16.3. The van der Waals surface area contributed by atoms with E-state index in [1.54, 1.807) is 24.3 Å². The monoisotopic (exact) mass is 887 g/mol. The molecule has 1 amide bonds. The van der Waals surface area contributed by atoms with Crippen LogP contribution < -0.4 is 10.0 Å². The van der Waals surface area contributed by atoms with E-state index in [-0.39, 0.29) is 48.6 Å². The summed E-state index contributed by atoms with van der Waals surface area (Å²) in [7, 11) is -1.83. The highest BCUT2D eigenvalue weighted by Crippen LogP contribution is 2.43. The molecule has 10 heteroatoms. The van der Waals surface area contributed by atoms with Crippen molar-refractivity contribution in [3.63, 3.8) is 0 Å². The van der Waals surface area contributed by atoms with E-state index in [0.717, 1.165) is 44.5 Å². The minimum atomic E-state index is -3.98. The number of rotatable bonds is 16. The number of carbonyl (C=O) groups is 1. The number of aryl methyl sites for hydroxylation is 1. The van der Waals surface area contributed by atoms with Crippen molar-refractivity contribution in [2.45, 2.75) is 75.8 Å². The van der Waals surface area contributed by atoms with Gasteiger partial charge in [0.25, 0.3) is 0 Å². The first-order valence-corrected chi connectivity index (χ1v) is 23.7. The molecule has 0 radical (unpaired) electrons.